The van der Waals surface area contributed by atoms with Gasteiger partial charge >= 0.3 is 0 Å². The summed E-state index contributed by atoms with van der Waals surface area (Å²) in [5.74, 6) is -0.663. The van der Waals surface area contributed by atoms with E-state index in [1.165, 1.54) is 44.1 Å². The van der Waals surface area contributed by atoms with Crippen molar-refractivity contribution >= 4 is 6.08 Å². The maximum atomic E-state index is 6.72. The summed E-state index contributed by atoms with van der Waals surface area (Å²) >= 11 is 0. The van der Waals surface area contributed by atoms with E-state index in [4.69, 9.17) is 9.47 Å². The van der Waals surface area contributed by atoms with Crippen LogP contribution in [0.3, 0.4) is 0 Å². The summed E-state index contributed by atoms with van der Waals surface area (Å²) in [6.45, 7) is 11.9. The molecule has 0 N–H and O–H groups in total. The summed E-state index contributed by atoms with van der Waals surface area (Å²) in [6.07, 6.45) is 12.5. The summed E-state index contributed by atoms with van der Waals surface area (Å²) < 4.78 is 13.4. The fourth-order valence-corrected chi connectivity index (χ4v) is 4.39. The van der Waals surface area contributed by atoms with E-state index >= 15 is 0 Å². The van der Waals surface area contributed by atoms with Gasteiger partial charge < -0.3 is 9.47 Å². The van der Waals surface area contributed by atoms with Gasteiger partial charge in [-0.3, -0.25) is 0 Å². The van der Waals surface area contributed by atoms with Crippen LogP contribution >= 0.6 is 0 Å². The third-order valence-corrected chi connectivity index (χ3v) is 6.07. The first kappa shape index (κ1) is 26.4. The van der Waals surface area contributed by atoms with Gasteiger partial charge in [-0.25, -0.2) is 0 Å². The Hall–Kier alpha value is -1.90. The predicted molar refractivity (Wildman–Crippen MR) is 138 cm³/mol. The molecule has 0 aliphatic carbocycles. The van der Waals surface area contributed by atoms with Gasteiger partial charge in [0.1, 0.15) is 0 Å². The fourth-order valence-electron chi connectivity index (χ4n) is 4.39. The zero-order valence-electron chi connectivity index (χ0n) is 20.7. The standard InChI is InChI=1S/C30H44O2/c1-5-9-10-11-12-16-22-29(27-19-14-13-15-20-27)30(31-23-6-2,32-24-7-3)28-21-17-18-26(8-4)25-28/h8,13-15,17-21,25,29H,4-7,9-12,16,22-24H2,1-3H3. The van der Waals surface area contributed by atoms with E-state index in [1.807, 2.05) is 6.08 Å². The molecule has 0 saturated heterocycles. The lowest BCUT2D eigenvalue weighted by Crippen LogP contribution is -2.40. The molecule has 0 fully saturated rings. The van der Waals surface area contributed by atoms with Crippen molar-refractivity contribution in [3.8, 4) is 0 Å². The van der Waals surface area contributed by atoms with Gasteiger partial charge in [-0.1, -0.05) is 120 Å². The van der Waals surface area contributed by atoms with E-state index in [1.54, 1.807) is 0 Å². The van der Waals surface area contributed by atoms with Crippen molar-refractivity contribution in [2.75, 3.05) is 13.2 Å². The molecule has 32 heavy (non-hydrogen) atoms. The lowest BCUT2D eigenvalue weighted by molar-refractivity contribution is -0.263. The van der Waals surface area contributed by atoms with Crippen molar-refractivity contribution < 1.29 is 9.47 Å². The molecule has 0 aliphatic rings. The van der Waals surface area contributed by atoms with Gasteiger partial charge in [0.25, 0.3) is 0 Å². The molecule has 0 spiro atoms. The Morgan fingerprint density at radius 3 is 2.06 bits per heavy atom. The average Bonchev–Trinajstić information content (AvgIpc) is 2.85. The van der Waals surface area contributed by atoms with E-state index in [9.17, 15) is 0 Å². The van der Waals surface area contributed by atoms with Crippen molar-refractivity contribution in [3.05, 3.63) is 77.9 Å². The minimum Gasteiger partial charge on any atom is -0.345 e. The van der Waals surface area contributed by atoms with Gasteiger partial charge in [0.05, 0.1) is 13.2 Å². The zero-order valence-corrected chi connectivity index (χ0v) is 20.7. The minimum absolute atomic E-state index is 0.132. The van der Waals surface area contributed by atoms with E-state index in [0.29, 0.717) is 13.2 Å². The van der Waals surface area contributed by atoms with Gasteiger partial charge in [0.15, 0.2) is 0 Å². The normalized spacial score (nSPS) is 12.6. The fraction of sp³-hybridized carbons (Fsp3) is 0.533. The van der Waals surface area contributed by atoms with Crippen LogP contribution in [0.2, 0.25) is 0 Å². The summed E-state index contributed by atoms with van der Waals surface area (Å²) in [6, 6.07) is 19.4. The van der Waals surface area contributed by atoms with E-state index in [-0.39, 0.29) is 5.92 Å². The molecule has 2 rings (SSSR count). The number of hydrogen-bond donors (Lipinski definition) is 0. The topological polar surface area (TPSA) is 18.5 Å². The Morgan fingerprint density at radius 2 is 1.44 bits per heavy atom. The van der Waals surface area contributed by atoms with Crippen molar-refractivity contribution in [3.63, 3.8) is 0 Å². The maximum Gasteiger partial charge on any atom is 0.201 e. The monoisotopic (exact) mass is 436 g/mol. The summed E-state index contributed by atoms with van der Waals surface area (Å²) in [4.78, 5) is 0. The van der Waals surface area contributed by atoms with Crippen LogP contribution in [0.15, 0.2) is 61.2 Å². The summed E-state index contributed by atoms with van der Waals surface area (Å²) in [7, 11) is 0. The number of ether oxygens (including phenoxy) is 2. The van der Waals surface area contributed by atoms with Gasteiger partial charge in [-0.05, 0) is 36.5 Å². The van der Waals surface area contributed by atoms with E-state index in [0.717, 1.165) is 30.4 Å². The molecule has 176 valence electrons. The summed E-state index contributed by atoms with van der Waals surface area (Å²) in [5, 5.41) is 0. The number of hydrogen-bond acceptors (Lipinski definition) is 2. The quantitative estimate of drug-likeness (QED) is 0.182. The maximum absolute atomic E-state index is 6.72. The Labute approximate surface area is 197 Å². The van der Waals surface area contributed by atoms with Gasteiger partial charge in [-0.15, -0.1) is 0 Å². The highest BCUT2D eigenvalue weighted by Crippen LogP contribution is 2.45. The lowest BCUT2D eigenvalue weighted by Gasteiger charge is -2.41. The van der Waals surface area contributed by atoms with Crippen molar-refractivity contribution in [1.82, 2.24) is 0 Å². The van der Waals surface area contributed by atoms with Crippen molar-refractivity contribution in [2.45, 2.75) is 90.3 Å². The highest BCUT2D eigenvalue weighted by atomic mass is 16.7. The van der Waals surface area contributed by atoms with E-state index < -0.39 is 5.79 Å². The average molecular weight is 437 g/mol. The summed E-state index contributed by atoms with van der Waals surface area (Å²) in [5.41, 5.74) is 3.48. The smallest absolute Gasteiger partial charge is 0.201 e. The molecule has 2 aromatic rings. The number of rotatable bonds is 17. The first-order valence-electron chi connectivity index (χ1n) is 12.8. The second kappa shape index (κ2) is 15.0. The van der Waals surface area contributed by atoms with Gasteiger partial charge in [0.2, 0.25) is 5.79 Å². The predicted octanol–water partition coefficient (Wildman–Crippen LogP) is 8.87. The van der Waals surface area contributed by atoms with Crippen LogP contribution < -0.4 is 0 Å². The van der Waals surface area contributed by atoms with Crippen LogP contribution in [0.4, 0.5) is 0 Å². The molecule has 0 heterocycles. The van der Waals surface area contributed by atoms with Crippen LogP contribution in [0.1, 0.15) is 101 Å². The molecule has 1 unspecified atom stereocenters. The Morgan fingerprint density at radius 1 is 0.781 bits per heavy atom. The molecule has 1 atom stereocenters. The molecule has 0 aromatic heterocycles. The molecule has 0 bridgehead atoms. The first-order chi connectivity index (χ1) is 15.7. The zero-order chi connectivity index (χ0) is 23.1. The minimum atomic E-state index is -0.796. The lowest BCUT2D eigenvalue weighted by atomic mass is 9.81. The molecule has 2 aromatic carbocycles. The van der Waals surface area contributed by atoms with Crippen molar-refractivity contribution in [2.24, 2.45) is 0 Å². The molecular weight excluding hydrogens is 392 g/mol. The van der Waals surface area contributed by atoms with Crippen LogP contribution in [-0.4, -0.2) is 13.2 Å². The first-order valence-corrected chi connectivity index (χ1v) is 12.8. The van der Waals surface area contributed by atoms with Crippen LogP contribution in [0.5, 0.6) is 0 Å². The van der Waals surface area contributed by atoms with Crippen LogP contribution in [-0.2, 0) is 15.3 Å². The largest absolute Gasteiger partial charge is 0.345 e. The highest BCUT2D eigenvalue weighted by Gasteiger charge is 2.43. The Balaban J connectivity index is 2.46. The SMILES string of the molecule is C=Cc1cccc(C(OCCC)(OCCC)C(CCCCCCCC)c2ccccc2)c1. The number of benzene rings is 2. The van der Waals surface area contributed by atoms with Crippen LogP contribution in [0, 0.1) is 0 Å². The highest BCUT2D eigenvalue weighted by molar-refractivity contribution is 5.49. The van der Waals surface area contributed by atoms with Gasteiger partial charge in [0, 0.05) is 11.5 Å². The van der Waals surface area contributed by atoms with Crippen molar-refractivity contribution in [1.29, 1.82) is 0 Å². The molecule has 0 aliphatic heterocycles. The van der Waals surface area contributed by atoms with Gasteiger partial charge in [-0.2, -0.15) is 0 Å². The molecule has 2 nitrogen and oxygen atoms in total. The molecular formula is C30H44O2. The molecule has 0 amide bonds. The number of unbranched alkanes of at least 4 members (excludes halogenated alkanes) is 5. The second-order valence-electron chi connectivity index (χ2n) is 8.71. The Kier molecular flexibility index (Phi) is 12.4. The molecule has 0 saturated carbocycles. The third kappa shape index (κ3) is 7.60. The van der Waals surface area contributed by atoms with Crippen LogP contribution in [0.25, 0.3) is 6.08 Å². The third-order valence-electron chi connectivity index (χ3n) is 6.07. The molecule has 2 heteroatoms. The Bertz CT molecular complexity index is 744. The van der Waals surface area contributed by atoms with E-state index in [2.05, 4.69) is 81.9 Å². The molecule has 0 radical (unpaired) electrons. The second-order valence-corrected chi connectivity index (χ2v) is 8.71.